The van der Waals surface area contributed by atoms with Crippen molar-refractivity contribution in [1.29, 1.82) is 0 Å². The van der Waals surface area contributed by atoms with Gasteiger partial charge < -0.3 is 30.2 Å². The summed E-state index contributed by atoms with van der Waals surface area (Å²) in [6.07, 6.45) is 4.15. The number of benzene rings is 1. The second-order valence-electron chi connectivity index (χ2n) is 10.9. The molecule has 1 atom stereocenters. The van der Waals surface area contributed by atoms with E-state index in [1.54, 1.807) is 4.90 Å². The molecule has 5 heterocycles. The molecule has 2 amide bonds. The first-order valence-corrected chi connectivity index (χ1v) is 14.1. The molecule has 40 heavy (non-hydrogen) atoms. The minimum atomic E-state index is -0.682. The third-order valence-electron chi connectivity index (χ3n) is 8.53. The van der Waals surface area contributed by atoms with Gasteiger partial charge in [-0.2, -0.15) is 0 Å². The second kappa shape index (κ2) is 10.6. The number of fused-ring (bicyclic) bond motifs is 5. The van der Waals surface area contributed by atoms with Gasteiger partial charge in [-0.15, -0.1) is 0 Å². The van der Waals surface area contributed by atoms with Crippen LogP contribution < -0.4 is 20.4 Å². The number of piperazine rings is 1. The van der Waals surface area contributed by atoms with Crippen LogP contribution in [-0.2, 0) is 14.4 Å². The minimum Gasteiger partial charge on any atom is -0.352 e. The van der Waals surface area contributed by atoms with E-state index in [9.17, 15) is 14.4 Å². The summed E-state index contributed by atoms with van der Waals surface area (Å²) >= 11 is 0. The molecule has 10 nitrogen and oxygen atoms in total. The highest BCUT2D eigenvalue weighted by Gasteiger charge is 2.49. The minimum absolute atomic E-state index is 0.000937. The van der Waals surface area contributed by atoms with Crippen LogP contribution in [-0.4, -0.2) is 97.9 Å². The molecule has 0 bridgehead atoms. The molecular formula is C29H36FN7O3. The van der Waals surface area contributed by atoms with Gasteiger partial charge >= 0.3 is 0 Å². The number of dihydropyridines is 1. The molecular weight excluding hydrogens is 513 g/mol. The number of hydrogen-bond acceptors (Lipinski definition) is 8. The van der Waals surface area contributed by atoms with Gasteiger partial charge in [0.15, 0.2) is 5.83 Å². The molecule has 6 rings (SSSR count). The van der Waals surface area contributed by atoms with Crippen molar-refractivity contribution in [2.24, 2.45) is 0 Å². The largest absolute Gasteiger partial charge is 0.352 e. The van der Waals surface area contributed by atoms with Crippen LogP contribution in [0.25, 0.3) is 0 Å². The molecule has 2 saturated heterocycles. The van der Waals surface area contributed by atoms with Crippen LogP contribution in [0.3, 0.4) is 0 Å². The second-order valence-corrected chi connectivity index (χ2v) is 10.9. The molecule has 0 aromatic heterocycles. The third kappa shape index (κ3) is 4.51. The van der Waals surface area contributed by atoms with E-state index in [1.807, 2.05) is 46.0 Å². The van der Waals surface area contributed by atoms with Crippen molar-refractivity contribution in [3.63, 3.8) is 0 Å². The molecule has 0 radical (unpaired) electrons. The van der Waals surface area contributed by atoms with Gasteiger partial charge in [-0.05, 0) is 44.1 Å². The summed E-state index contributed by atoms with van der Waals surface area (Å²) in [5, 5.41) is 6.26. The first-order valence-electron chi connectivity index (χ1n) is 14.1. The van der Waals surface area contributed by atoms with Crippen molar-refractivity contribution < 1.29 is 18.8 Å². The van der Waals surface area contributed by atoms with Gasteiger partial charge in [0.2, 0.25) is 11.7 Å². The Hall–Kier alpha value is -3.86. The highest BCUT2D eigenvalue weighted by Crippen LogP contribution is 2.47. The molecule has 1 unspecified atom stereocenters. The zero-order valence-corrected chi connectivity index (χ0v) is 23.1. The van der Waals surface area contributed by atoms with Crippen molar-refractivity contribution in [3.05, 3.63) is 59.0 Å². The number of Topliss-reactive ketones (excluding diaryl/α,β-unsaturated/α-hetero) is 1. The maximum Gasteiger partial charge on any atom is 0.259 e. The van der Waals surface area contributed by atoms with E-state index in [-0.39, 0.29) is 17.1 Å². The van der Waals surface area contributed by atoms with Crippen LogP contribution in [0.15, 0.2) is 59.0 Å². The average Bonchev–Trinajstić information content (AvgIpc) is 3.26. The van der Waals surface area contributed by atoms with E-state index < -0.39 is 23.7 Å². The number of halogens is 1. The number of anilines is 2. The SMILES string of the molecule is CC(=O)N1CCN(C2=C(F)C=C3C(=O)C(C(=O)NCCN4CCCCC4)=C4N(C)c5ccccc5N4C3N2)CC1. The molecule has 0 spiro atoms. The van der Waals surface area contributed by atoms with Crippen LogP contribution >= 0.6 is 0 Å². The Morgan fingerprint density at radius 1 is 1.02 bits per heavy atom. The van der Waals surface area contributed by atoms with Crippen molar-refractivity contribution in [1.82, 2.24) is 25.3 Å². The van der Waals surface area contributed by atoms with Crippen LogP contribution in [0.2, 0.25) is 0 Å². The maximum absolute atomic E-state index is 15.6. The number of carbonyl (C=O) groups is 3. The number of allylic oxidation sites excluding steroid dienone is 2. The molecule has 5 aliphatic heterocycles. The van der Waals surface area contributed by atoms with E-state index in [4.69, 9.17) is 0 Å². The molecule has 11 heteroatoms. The highest BCUT2D eigenvalue weighted by atomic mass is 19.1. The fourth-order valence-corrected chi connectivity index (χ4v) is 6.38. The Balaban J connectivity index is 1.31. The molecule has 1 aromatic rings. The predicted octanol–water partition coefficient (Wildman–Crippen LogP) is 1.50. The zero-order valence-electron chi connectivity index (χ0n) is 23.1. The topological polar surface area (TPSA) is 91.5 Å². The van der Waals surface area contributed by atoms with Crippen molar-refractivity contribution >= 4 is 29.0 Å². The zero-order chi connectivity index (χ0) is 28.0. The van der Waals surface area contributed by atoms with Crippen molar-refractivity contribution in [2.75, 3.05) is 69.2 Å². The Bertz CT molecular complexity index is 1320. The first kappa shape index (κ1) is 26.4. The summed E-state index contributed by atoms with van der Waals surface area (Å²) < 4.78 is 15.6. The summed E-state index contributed by atoms with van der Waals surface area (Å²) in [7, 11) is 1.85. The van der Waals surface area contributed by atoms with E-state index in [2.05, 4.69) is 15.5 Å². The standard InChI is InChI=1S/C29H36FN7O3/c1-19(38)35-14-16-36(17-15-35)27-21(30)18-20-25(39)24(28(40)31-10-13-34-11-6-3-7-12-34)29-33(2)22-8-4-5-9-23(22)37(29)26(20)32-27/h4-5,8-9,18,26,32H,3,6-7,10-17H2,1-2H3,(H,31,40). The molecule has 5 aliphatic rings. The molecule has 1 aromatic carbocycles. The Labute approximate surface area is 233 Å². The summed E-state index contributed by atoms with van der Waals surface area (Å²) in [6, 6.07) is 7.72. The summed E-state index contributed by atoms with van der Waals surface area (Å²) in [6.45, 7) is 6.68. The summed E-state index contributed by atoms with van der Waals surface area (Å²) in [5.74, 6) is -0.694. The van der Waals surface area contributed by atoms with Gasteiger partial charge in [-0.3, -0.25) is 19.3 Å². The first-order chi connectivity index (χ1) is 19.3. The van der Waals surface area contributed by atoms with E-state index in [0.717, 1.165) is 43.9 Å². The average molecular weight is 550 g/mol. The normalized spacial score (nSPS) is 23.0. The number of nitrogens with zero attached hydrogens (tertiary/aromatic N) is 5. The summed E-state index contributed by atoms with van der Waals surface area (Å²) in [5.41, 5.74) is 1.91. The van der Waals surface area contributed by atoms with E-state index in [1.165, 1.54) is 19.4 Å². The van der Waals surface area contributed by atoms with E-state index >= 15 is 4.39 Å². The Morgan fingerprint density at radius 2 is 1.73 bits per heavy atom. The smallest absolute Gasteiger partial charge is 0.259 e. The quantitative estimate of drug-likeness (QED) is 0.535. The maximum atomic E-state index is 15.6. The Morgan fingerprint density at radius 3 is 2.42 bits per heavy atom. The van der Waals surface area contributed by atoms with Gasteiger partial charge in [-0.1, -0.05) is 18.6 Å². The number of ketones is 1. The van der Waals surface area contributed by atoms with Gasteiger partial charge in [0.05, 0.1) is 11.4 Å². The van der Waals surface area contributed by atoms with Crippen LogP contribution in [0.1, 0.15) is 26.2 Å². The molecule has 212 valence electrons. The number of likely N-dealkylation sites (tertiary alicyclic amines) is 1. The number of amides is 2. The monoisotopic (exact) mass is 549 g/mol. The van der Waals surface area contributed by atoms with E-state index in [0.29, 0.717) is 44.4 Å². The summed E-state index contributed by atoms with van der Waals surface area (Å²) in [4.78, 5) is 49.0. The fraction of sp³-hybridized carbons (Fsp3) is 0.483. The molecule has 2 fully saturated rings. The lowest BCUT2D eigenvalue weighted by Crippen LogP contribution is -2.58. The van der Waals surface area contributed by atoms with Crippen LogP contribution in [0.5, 0.6) is 0 Å². The van der Waals surface area contributed by atoms with Gasteiger partial charge in [0, 0.05) is 58.8 Å². The lowest BCUT2D eigenvalue weighted by atomic mass is 9.92. The van der Waals surface area contributed by atoms with Gasteiger partial charge in [-0.25, -0.2) is 4.39 Å². The predicted molar refractivity (Wildman–Crippen MR) is 150 cm³/mol. The number of nitrogens with one attached hydrogen (secondary N) is 2. The molecule has 2 N–H and O–H groups in total. The van der Waals surface area contributed by atoms with Gasteiger partial charge in [0.25, 0.3) is 5.91 Å². The van der Waals surface area contributed by atoms with Crippen LogP contribution in [0, 0.1) is 0 Å². The molecule has 0 saturated carbocycles. The van der Waals surface area contributed by atoms with Crippen molar-refractivity contribution in [3.8, 4) is 0 Å². The van der Waals surface area contributed by atoms with Crippen LogP contribution in [0.4, 0.5) is 15.8 Å². The number of para-hydroxylation sites is 2. The molecule has 0 aliphatic carbocycles. The lowest BCUT2D eigenvalue weighted by Gasteiger charge is -2.44. The lowest BCUT2D eigenvalue weighted by molar-refractivity contribution is -0.130. The number of carbonyl (C=O) groups excluding carboxylic acids is 3. The highest BCUT2D eigenvalue weighted by molar-refractivity contribution is 6.29. The number of piperidine rings is 1. The fourth-order valence-electron chi connectivity index (χ4n) is 6.38. The third-order valence-corrected chi connectivity index (χ3v) is 8.53. The van der Waals surface area contributed by atoms with Crippen molar-refractivity contribution in [2.45, 2.75) is 32.4 Å². The number of rotatable bonds is 5. The number of hydrogen-bond donors (Lipinski definition) is 2. The Kier molecular flexibility index (Phi) is 6.99. The van der Waals surface area contributed by atoms with Gasteiger partial charge in [0.1, 0.15) is 23.4 Å².